The molecule has 1 amide bonds. The van der Waals surface area contributed by atoms with Gasteiger partial charge in [-0.2, -0.15) is 0 Å². The first-order chi connectivity index (χ1) is 13.2. The molecule has 5 nitrogen and oxygen atoms in total. The molecular weight excluding hydrogens is 360 g/mol. The lowest BCUT2D eigenvalue weighted by atomic mass is 10.2. The molecular formula is C21H26N2O3S. The monoisotopic (exact) mass is 386 g/mol. The van der Waals surface area contributed by atoms with Crippen LogP contribution in [0.2, 0.25) is 0 Å². The maximum Gasteiger partial charge on any atom is 0.233 e. The second-order valence-electron chi connectivity index (χ2n) is 6.26. The number of ether oxygens (including phenoxy) is 2. The van der Waals surface area contributed by atoms with Crippen LogP contribution in [0.3, 0.4) is 0 Å². The first-order valence-electron chi connectivity index (χ1n) is 9.22. The minimum Gasteiger partial charge on any atom is -0.497 e. The van der Waals surface area contributed by atoms with E-state index in [0.717, 1.165) is 48.3 Å². The van der Waals surface area contributed by atoms with Crippen LogP contribution in [0.4, 0.5) is 5.69 Å². The van der Waals surface area contributed by atoms with E-state index in [2.05, 4.69) is 11.0 Å². The minimum absolute atomic E-state index is 0.194. The van der Waals surface area contributed by atoms with Crippen LogP contribution in [0.1, 0.15) is 6.92 Å². The summed E-state index contributed by atoms with van der Waals surface area (Å²) in [6.07, 6.45) is 0. The standard InChI is InChI=1S/C21H26N2O3S/c1-3-26-18-7-9-20(10-8-18)27-16-21(24)23-13-11-22(12-14-23)17-5-4-6-19(15-17)25-2/h4-10,15H,3,11-14,16H2,1-2H3. The first-order valence-corrected chi connectivity index (χ1v) is 10.2. The molecule has 0 bridgehead atoms. The second-order valence-corrected chi connectivity index (χ2v) is 7.31. The van der Waals surface area contributed by atoms with Gasteiger partial charge in [0.2, 0.25) is 5.91 Å². The summed E-state index contributed by atoms with van der Waals surface area (Å²) in [5.41, 5.74) is 1.14. The number of hydrogen-bond acceptors (Lipinski definition) is 5. The lowest BCUT2D eigenvalue weighted by Gasteiger charge is -2.36. The van der Waals surface area contributed by atoms with Gasteiger partial charge in [-0.15, -0.1) is 11.8 Å². The molecule has 1 heterocycles. The van der Waals surface area contributed by atoms with E-state index in [1.165, 1.54) is 0 Å². The topological polar surface area (TPSA) is 42.0 Å². The molecule has 0 unspecified atom stereocenters. The van der Waals surface area contributed by atoms with Crippen LogP contribution in [0.5, 0.6) is 11.5 Å². The number of anilines is 1. The highest BCUT2D eigenvalue weighted by molar-refractivity contribution is 8.00. The summed E-state index contributed by atoms with van der Waals surface area (Å²) in [7, 11) is 1.68. The lowest BCUT2D eigenvalue weighted by molar-refractivity contribution is -0.128. The van der Waals surface area contributed by atoms with Crippen molar-refractivity contribution in [2.24, 2.45) is 0 Å². The van der Waals surface area contributed by atoms with Gasteiger partial charge in [-0.1, -0.05) is 6.07 Å². The predicted octanol–water partition coefficient (Wildman–Crippen LogP) is 3.53. The zero-order valence-electron chi connectivity index (χ0n) is 15.9. The molecule has 27 heavy (non-hydrogen) atoms. The van der Waals surface area contributed by atoms with Crippen molar-refractivity contribution in [3.05, 3.63) is 48.5 Å². The second kappa shape index (κ2) is 9.55. The SMILES string of the molecule is CCOc1ccc(SCC(=O)N2CCN(c3cccc(OC)c3)CC2)cc1. The molecule has 0 spiro atoms. The fraction of sp³-hybridized carbons (Fsp3) is 0.381. The van der Waals surface area contributed by atoms with Gasteiger partial charge in [0.15, 0.2) is 0 Å². The molecule has 2 aromatic carbocycles. The van der Waals surface area contributed by atoms with Crippen molar-refractivity contribution < 1.29 is 14.3 Å². The number of rotatable bonds is 7. The number of nitrogens with zero attached hydrogens (tertiary/aromatic N) is 2. The van der Waals surface area contributed by atoms with E-state index in [4.69, 9.17) is 9.47 Å². The van der Waals surface area contributed by atoms with Gasteiger partial charge in [-0.05, 0) is 43.3 Å². The maximum atomic E-state index is 12.5. The average Bonchev–Trinajstić information content (AvgIpc) is 2.73. The third-order valence-corrected chi connectivity index (χ3v) is 5.54. The Kier molecular flexibility index (Phi) is 6.87. The highest BCUT2D eigenvalue weighted by Gasteiger charge is 2.21. The van der Waals surface area contributed by atoms with E-state index in [1.54, 1.807) is 18.9 Å². The zero-order valence-corrected chi connectivity index (χ0v) is 16.7. The van der Waals surface area contributed by atoms with Crippen LogP contribution >= 0.6 is 11.8 Å². The van der Waals surface area contributed by atoms with E-state index in [0.29, 0.717) is 12.4 Å². The van der Waals surface area contributed by atoms with Gasteiger partial charge in [0.1, 0.15) is 11.5 Å². The molecule has 0 aromatic heterocycles. The van der Waals surface area contributed by atoms with Gasteiger partial charge < -0.3 is 19.3 Å². The number of carbonyl (C=O) groups excluding carboxylic acids is 1. The molecule has 1 fully saturated rings. The van der Waals surface area contributed by atoms with Crippen LogP contribution < -0.4 is 14.4 Å². The fourth-order valence-corrected chi connectivity index (χ4v) is 3.86. The molecule has 3 rings (SSSR count). The molecule has 1 saturated heterocycles. The van der Waals surface area contributed by atoms with E-state index in [-0.39, 0.29) is 5.91 Å². The summed E-state index contributed by atoms with van der Waals surface area (Å²) >= 11 is 1.57. The normalized spacial score (nSPS) is 14.1. The fourth-order valence-electron chi connectivity index (χ4n) is 3.06. The van der Waals surface area contributed by atoms with Crippen LogP contribution in [0.25, 0.3) is 0 Å². The van der Waals surface area contributed by atoms with Crippen molar-refractivity contribution in [1.82, 2.24) is 4.90 Å². The third kappa shape index (κ3) is 5.32. The molecule has 144 valence electrons. The molecule has 1 aliphatic heterocycles. The summed E-state index contributed by atoms with van der Waals surface area (Å²) in [5, 5.41) is 0. The summed E-state index contributed by atoms with van der Waals surface area (Å²) in [6.45, 7) is 5.81. The van der Waals surface area contributed by atoms with Crippen molar-refractivity contribution >= 4 is 23.4 Å². The molecule has 1 aliphatic rings. The van der Waals surface area contributed by atoms with Crippen LogP contribution in [0.15, 0.2) is 53.4 Å². The van der Waals surface area contributed by atoms with Crippen molar-refractivity contribution in [3.63, 3.8) is 0 Å². The lowest BCUT2D eigenvalue weighted by Crippen LogP contribution is -2.49. The van der Waals surface area contributed by atoms with Gasteiger partial charge in [-0.25, -0.2) is 0 Å². The van der Waals surface area contributed by atoms with E-state index in [1.807, 2.05) is 54.3 Å². The average molecular weight is 387 g/mol. The van der Waals surface area contributed by atoms with E-state index < -0.39 is 0 Å². The largest absolute Gasteiger partial charge is 0.497 e. The third-order valence-electron chi connectivity index (χ3n) is 4.55. The Balaban J connectivity index is 1.46. The Morgan fingerprint density at radius 2 is 1.78 bits per heavy atom. The number of benzene rings is 2. The summed E-state index contributed by atoms with van der Waals surface area (Å²) in [4.78, 5) is 17.9. The number of carbonyl (C=O) groups is 1. The maximum absolute atomic E-state index is 12.5. The van der Waals surface area contributed by atoms with Gasteiger partial charge in [0.25, 0.3) is 0 Å². The summed E-state index contributed by atoms with van der Waals surface area (Å²) in [5.74, 6) is 2.38. The van der Waals surface area contributed by atoms with Gasteiger partial charge in [-0.3, -0.25) is 4.79 Å². The van der Waals surface area contributed by atoms with Crippen molar-refractivity contribution in [3.8, 4) is 11.5 Å². The molecule has 0 N–H and O–H groups in total. The zero-order chi connectivity index (χ0) is 19.1. The summed E-state index contributed by atoms with van der Waals surface area (Å²) < 4.78 is 10.7. The quantitative estimate of drug-likeness (QED) is 0.681. The summed E-state index contributed by atoms with van der Waals surface area (Å²) in [6, 6.07) is 16.0. The highest BCUT2D eigenvalue weighted by Crippen LogP contribution is 2.24. The van der Waals surface area contributed by atoms with E-state index in [9.17, 15) is 4.79 Å². The number of hydrogen-bond donors (Lipinski definition) is 0. The Bertz CT molecular complexity index is 743. The Hall–Kier alpha value is -2.34. The molecule has 0 aliphatic carbocycles. The molecule has 6 heteroatoms. The molecule has 2 aromatic rings. The van der Waals surface area contributed by atoms with Crippen molar-refractivity contribution in [2.45, 2.75) is 11.8 Å². The Labute approximate surface area is 165 Å². The predicted molar refractivity (Wildman–Crippen MR) is 110 cm³/mol. The smallest absolute Gasteiger partial charge is 0.233 e. The van der Waals surface area contributed by atoms with Crippen LogP contribution in [-0.2, 0) is 4.79 Å². The minimum atomic E-state index is 0.194. The highest BCUT2D eigenvalue weighted by atomic mass is 32.2. The van der Waals surface area contributed by atoms with Crippen molar-refractivity contribution in [2.75, 3.05) is 50.5 Å². The Morgan fingerprint density at radius 1 is 1.04 bits per heavy atom. The number of piperazine rings is 1. The number of methoxy groups -OCH3 is 1. The molecule has 0 saturated carbocycles. The van der Waals surface area contributed by atoms with Gasteiger partial charge in [0, 0.05) is 42.8 Å². The first kappa shape index (κ1) is 19.4. The van der Waals surface area contributed by atoms with E-state index >= 15 is 0 Å². The van der Waals surface area contributed by atoms with Crippen LogP contribution in [-0.4, -0.2) is 56.5 Å². The van der Waals surface area contributed by atoms with Gasteiger partial charge in [0.05, 0.1) is 19.5 Å². The van der Waals surface area contributed by atoms with Gasteiger partial charge >= 0.3 is 0 Å². The van der Waals surface area contributed by atoms with Crippen LogP contribution in [0, 0.1) is 0 Å². The number of amides is 1. The van der Waals surface area contributed by atoms with Crippen molar-refractivity contribution in [1.29, 1.82) is 0 Å². The molecule has 0 atom stereocenters. The Morgan fingerprint density at radius 3 is 2.44 bits per heavy atom. The molecule has 0 radical (unpaired) electrons. The number of thioether (sulfide) groups is 1.